The minimum atomic E-state index is -4.10. The van der Waals surface area contributed by atoms with Gasteiger partial charge in [0.05, 0.1) is 10.5 Å². The van der Waals surface area contributed by atoms with Crippen LogP contribution in [-0.2, 0) is 15.6 Å². The first-order valence-electron chi connectivity index (χ1n) is 10.7. The van der Waals surface area contributed by atoms with Gasteiger partial charge in [-0.3, -0.25) is 14.9 Å². The molecular formula is C21H31N5O6S. The molecule has 2 rings (SSSR count). The third-order valence-electron chi connectivity index (χ3n) is 4.63. The summed E-state index contributed by atoms with van der Waals surface area (Å²) >= 11 is 0. The first-order valence-corrected chi connectivity index (χ1v) is 12.2. The summed E-state index contributed by atoms with van der Waals surface area (Å²) in [5.74, 6) is -0.313. The van der Waals surface area contributed by atoms with Crippen molar-refractivity contribution in [3.8, 4) is 11.6 Å². The average Bonchev–Trinajstić information content (AvgIpc) is 3.07. The fraction of sp³-hybridized carbons (Fsp3) is 0.524. The molecule has 0 radical (unpaired) electrons. The predicted molar refractivity (Wildman–Crippen MR) is 123 cm³/mol. The number of aromatic nitrogens is 2. The van der Waals surface area contributed by atoms with E-state index in [2.05, 4.69) is 15.1 Å². The summed E-state index contributed by atoms with van der Waals surface area (Å²) in [7, 11) is -4.10. The quantitative estimate of drug-likeness (QED) is 0.390. The van der Waals surface area contributed by atoms with Crippen molar-refractivity contribution >= 4 is 21.6 Å². The Bertz CT molecular complexity index is 1130. The number of nitro groups is 1. The number of sulfonamides is 1. The van der Waals surface area contributed by atoms with E-state index in [-0.39, 0.29) is 40.4 Å². The molecular weight excluding hydrogens is 450 g/mol. The van der Waals surface area contributed by atoms with Crippen LogP contribution in [0.1, 0.15) is 63.5 Å². The highest BCUT2D eigenvalue weighted by Gasteiger charge is 2.30. The molecule has 0 saturated carbocycles. The SMILES string of the molecule is CCCNC(=O)c1nn(C(C)(C)C)c(Oc2ccc([N+](=O)[O-])cc2S(=O)(=O)NCCC)c1C. The number of non-ortho nitro benzene ring substituents is 1. The average molecular weight is 482 g/mol. The van der Waals surface area contributed by atoms with E-state index in [9.17, 15) is 23.3 Å². The van der Waals surface area contributed by atoms with Gasteiger partial charge in [0.15, 0.2) is 5.69 Å². The number of hydrogen-bond acceptors (Lipinski definition) is 7. The molecule has 1 aromatic heterocycles. The lowest BCUT2D eigenvalue weighted by Crippen LogP contribution is -2.27. The van der Waals surface area contributed by atoms with E-state index in [4.69, 9.17) is 4.74 Å². The van der Waals surface area contributed by atoms with Gasteiger partial charge in [0.1, 0.15) is 10.6 Å². The Morgan fingerprint density at radius 1 is 1.21 bits per heavy atom. The smallest absolute Gasteiger partial charge is 0.272 e. The van der Waals surface area contributed by atoms with Crippen molar-refractivity contribution in [1.29, 1.82) is 0 Å². The summed E-state index contributed by atoms with van der Waals surface area (Å²) in [5.41, 5.74) is -0.422. The van der Waals surface area contributed by atoms with E-state index in [1.54, 1.807) is 13.8 Å². The van der Waals surface area contributed by atoms with Gasteiger partial charge in [-0.25, -0.2) is 17.8 Å². The summed E-state index contributed by atoms with van der Waals surface area (Å²) in [4.78, 5) is 22.8. The third-order valence-corrected chi connectivity index (χ3v) is 6.11. The minimum absolute atomic E-state index is 0.113. The molecule has 0 atom stereocenters. The maximum absolute atomic E-state index is 12.9. The zero-order chi connectivity index (χ0) is 25.0. The van der Waals surface area contributed by atoms with Crippen LogP contribution in [-0.4, -0.2) is 42.1 Å². The molecule has 0 fully saturated rings. The van der Waals surface area contributed by atoms with E-state index >= 15 is 0 Å². The van der Waals surface area contributed by atoms with E-state index in [1.807, 2.05) is 27.7 Å². The van der Waals surface area contributed by atoms with Gasteiger partial charge in [0.25, 0.3) is 11.6 Å². The fourth-order valence-electron chi connectivity index (χ4n) is 2.92. The molecule has 0 unspecified atom stereocenters. The number of benzene rings is 1. The summed E-state index contributed by atoms with van der Waals surface area (Å²) in [6.45, 7) is 11.6. The zero-order valence-electron chi connectivity index (χ0n) is 19.8. The summed E-state index contributed by atoms with van der Waals surface area (Å²) < 4.78 is 35.7. The van der Waals surface area contributed by atoms with E-state index in [0.29, 0.717) is 18.5 Å². The Morgan fingerprint density at radius 2 is 1.85 bits per heavy atom. The highest BCUT2D eigenvalue weighted by Crippen LogP contribution is 2.36. The standard InChI is InChI=1S/C21H31N5O6S/c1-7-11-22-19(27)18-14(3)20(25(24-18)21(4,5)6)32-16-10-9-15(26(28)29)13-17(16)33(30,31)23-12-8-2/h9-10,13,23H,7-8,11-12H2,1-6H3,(H,22,27). The molecule has 0 saturated heterocycles. The van der Waals surface area contributed by atoms with Crippen LogP contribution in [0.4, 0.5) is 5.69 Å². The van der Waals surface area contributed by atoms with Crippen LogP contribution in [0.15, 0.2) is 23.1 Å². The molecule has 11 nitrogen and oxygen atoms in total. The number of nitrogens with zero attached hydrogens (tertiary/aromatic N) is 3. The van der Waals surface area contributed by atoms with Gasteiger partial charge >= 0.3 is 0 Å². The zero-order valence-corrected chi connectivity index (χ0v) is 20.6. The Morgan fingerprint density at radius 3 is 2.39 bits per heavy atom. The molecule has 1 heterocycles. The fourth-order valence-corrected chi connectivity index (χ4v) is 4.19. The normalized spacial score (nSPS) is 11.9. The molecule has 1 aromatic carbocycles. The second-order valence-corrected chi connectivity index (χ2v) is 10.2. The Balaban J connectivity index is 2.65. The number of hydrogen-bond donors (Lipinski definition) is 2. The van der Waals surface area contributed by atoms with Crippen molar-refractivity contribution < 1.29 is 22.9 Å². The number of ether oxygens (including phenoxy) is 1. The van der Waals surface area contributed by atoms with Crippen LogP contribution in [0, 0.1) is 17.0 Å². The number of carbonyl (C=O) groups is 1. The molecule has 182 valence electrons. The van der Waals surface area contributed by atoms with Crippen LogP contribution in [0.25, 0.3) is 0 Å². The molecule has 33 heavy (non-hydrogen) atoms. The largest absolute Gasteiger partial charge is 0.438 e. The first-order chi connectivity index (χ1) is 15.3. The van der Waals surface area contributed by atoms with Gasteiger partial charge in [-0.15, -0.1) is 0 Å². The van der Waals surface area contributed by atoms with Crippen LogP contribution < -0.4 is 14.8 Å². The first kappa shape index (κ1) is 26.3. The van der Waals surface area contributed by atoms with E-state index < -0.39 is 20.5 Å². The maximum atomic E-state index is 12.9. The molecule has 2 N–H and O–H groups in total. The van der Waals surface area contributed by atoms with Crippen molar-refractivity contribution in [3.05, 3.63) is 39.6 Å². The summed E-state index contributed by atoms with van der Waals surface area (Å²) in [6.07, 6.45) is 1.29. The molecule has 0 spiro atoms. The van der Waals surface area contributed by atoms with Crippen LogP contribution in [0.5, 0.6) is 11.6 Å². The second kappa shape index (κ2) is 10.3. The predicted octanol–water partition coefficient (Wildman–Crippen LogP) is 3.48. The van der Waals surface area contributed by atoms with E-state index in [0.717, 1.165) is 18.6 Å². The van der Waals surface area contributed by atoms with E-state index in [1.165, 1.54) is 10.7 Å². The molecule has 12 heteroatoms. The molecule has 0 aliphatic heterocycles. The Kier molecular flexibility index (Phi) is 8.20. The van der Waals surface area contributed by atoms with Gasteiger partial charge in [0.2, 0.25) is 15.9 Å². The van der Waals surface area contributed by atoms with Gasteiger partial charge in [-0.05, 0) is 46.6 Å². The van der Waals surface area contributed by atoms with Gasteiger partial charge < -0.3 is 10.1 Å². The molecule has 0 bridgehead atoms. The number of nitrogens with one attached hydrogen (secondary N) is 2. The highest BCUT2D eigenvalue weighted by molar-refractivity contribution is 7.89. The lowest BCUT2D eigenvalue weighted by atomic mass is 10.1. The monoisotopic (exact) mass is 481 g/mol. The molecule has 2 aromatic rings. The summed E-state index contributed by atoms with van der Waals surface area (Å²) in [6, 6.07) is 3.35. The van der Waals surface area contributed by atoms with Crippen molar-refractivity contribution in [3.63, 3.8) is 0 Å². The number of amides is 1. The maximum Gasteiger partial charge on any atom is 0.272 e. The number of nitro benzene ring substituents is 1. The van der Waals surface area contributed by atoms with Gasteiger partial charge in [0, 0.05) is 30.8 Å². The van der Waals surface area contributed by atoms with Crippen molar-refractivity contribution in [2.45, 2.75) is 64.8 Å². The van der Waals surface area contributed by atoms with Gasteiger partial charge in [-0.2, -0.15) is 5.10 Å². The second-order valence-electron chi connectivity index (χ2n) is 8.51. The number of rotatable bonds is 10. The Labute approximate surface area is 193 Å². The van der Waals surface area contributed by atoms with Crippen LogP contribution in [0.3, 0.4) is 0 Å². The van der Waals surface area contributed by atoms with Crippen LogP contribution in [0.2, 0.25) is 0 Å². The molecule has 0 aliphatic carbocycles. The minimum Gasteiger partial charge on any atom is -0.438 e. The molecule has 0 aliphatic rings. The van der Waals surface area contributed by atoms with Crippen LogP contribution >= 0.6 is 0 Å². The highest BCUT2D eigenvalue weighted by atomic mass is 32.2. The third kappa shape index (κ3) is 6.08. The van der Waals surface area contributed by atoms with Crippen molar-refractivity contribution in [1.82, 2.24) is 19.8 Å². The van der Waals surface area contributed by atoms with Gasteiger partial charge in [-0.1, -0.05) is 13.8 Å². The van der Waals surface area contributed by atoms with Crippen molar-refractivity contribution in [2.24, 2.45) is 0 Å². The van der Waals surface area contributed by atoms with Crippen molar-refractivity contribution in [2.75, 3.05) is 13.1 Å². The lowest BCUT2D eigenvalue weighted by molar-refractivity contribution is -0.385. The lowest BCUT2D eigenvalue weighted by Gasteiger charge is -2.22. The number of carbonyl (C=O) groups excluding carboxylic acids is 1. The Hall–Kier alpha value is -2.99. The topological polar surface area (TPSA) is 145 Å². The molecule has 1 amide bonds. The summed E-state index contributed by atoms with van der Waals surface area (Å²) in [5, 5.41) is 18.5.